The van der Waals surface area contributed by atoms with E-state index in [2.05, 4.69) is 38.2 Å². The number of aryl methyl sites for hydroxylation is 1. The maximum atomic E-state index is 12.8. The second-order valence-electron chi connectivity index (χ2n) is 7.15. The summed E-state index contributed by atoms with van der Waals surface area (Å²) in [6, 6.07) is 0.340. The zero-order chi connectivity index (χ0) is 16.4. The van der Waals surface area contributed by atoms with Gasteiger partial charge in [0.25, 0.3) is 0 Å². The number of rotatable bonds is 3. The molecule has 0 bridgehead atoms. The number of piperazine rings is 1. The summed E-state index contributed by atoms with van der Waals surface area (Å²) in [4.78, 5) is 24.1. The molecule has 0 N–H and O–H groups in total. The molecule has 0 spiro atoms. The van der Waals surface area contributed by atoms with E-state index in [0.29, 0.717) is 11.9 Å². The first kappa shape index (κ1) is 16.5. The predicted molar refractivity (Wildman–Crippen MR) is 89.9 cm³/mol. The monoisotopic (exact) mass is 319 g/mol. The highest BCUT2D eigenvalue weighted by molar-refractivity contribution is 5.79. The molecule has 6 heteroatoms. The topological polar surface area (TPSA) is 44.6 Å². The van der Waals surface area contributed by atoms with E-state index in [0.717, 1.165) is 57.9 Å². The van der Waals surface area contributed by atoms with E-state index < -0.39 is 0 Å². The molecule has 3 heterocycles. The summed E-state index contributed by atoms with van der Waals surface area (Å²) in [5.41, 5.74) is 0. The number of hydrogen-bond donors (Lipinski definition) is 0. The molecular weight excluding hydrogens is 290 g/mol. The van der Waals surface area contributed by atoms with E-state index in [4.69, 9.17) is 0 Å². The Morgan fingerprint density at radius 1 is 1.22 bits per heavy atom. The Bertz CT molecular complexity index is 535. The standard InChI is InChI=1S/C17H29N5O/c1-14-12-19(2)10-11-22(14)17(23)15-4-7-21(8-5-15)13-16-18-6-9-20(16)3/h6,9,14-15H,4-5,7-8,10-13H2,1-3H3. The molecule has 2 fully saturated rings. The Kier molecular flexibility index (Phi) is 5.02. The van der Waals surface area contributed by atoms with Crippen LogP contribution >= 0.6 is 0 Å². The second-order valence-corrected chi connectivity index (χ2v) is 7.15. The van der Waals surface area contributed by atoms with Crippen molar-refractivity contribution in [2.75, 3.05) is 39.8 Å². The minimum Gasteiger partial charge on any atom is -0.337 e. The third kappa shape index (κ3) is 3.75. The molecule has 1 aromatic heterocycles. The molecule has 2 aliphatic heterocycles. The first-order chi connectivity index (χ1) is 11.0. The minimum atomic E-state index is 0.207. The highest BCUT2D eigenvalue weighted by Gasteiger charge is 2.32. The van der Waals surface area contributed by atoms with Crippen LogP contribution in [-0.4, -0.2) is 76.0 Å². The summed E-state index contributed by atoms with van der Waals surface area (Å²) in [7, 11) is 4.17. The smallest absolute Gasteiger partial charge is 0.226 e. The fourth-order valence-corrected chi connectivity index (χ4v) is 3.79. The van der Waals surface area contributed by atoms with Gasteiger partial charge < -0.3 is 14.4 Å². The van der Waals surface area contributed by atoms with Crippen LogP contribution in [0.25, 0.3) is 0 Å². The number of amides is 1. The number of piperidine rings is 1. The van der Waals surface area contributed by atoms with Crippen LogP contribution < -0.4 is 0 Å². The number of carbonyl (C=O) groups excluding carboxylic acids is 1. The molecule has 1 unspecified atom stereocenters. The van der Waals surface area contributed by atoms with Gasteiger partial charge >= 0.3 is 0 Å². The first-order valence-electron chi connectivity index (χ1n) is 8.72. The van der Waals surface area contributed by atoms with Gasteiger partial charge in [-0.3, -0.25) is 9.69 Å². The van der Waals surface area contributed by atoms with Crippen molar-refractivity contribution in [1.82, 2.24) is 24.3 Å². The van der Waals surface area contributed by atoms with Gasteiger partial charge in [-0.05, 0) is 39.9 Å². The number of nitrogens with zero attached hydrogens (tertiary/aromatic N) is 5. The van der Waals surface area contributed by atoms with Crippen LogP contribution in [0.15, 0.2) is 12.4 Å². The molecule has 128 valence electrons. The number of likely N-dealkylation sites (tertiary alicyclic amines) is 1. The average molecular weight is 319 g/mol. The Labute approximate surface area is 139 Å². The molecule has 23 heavy (non-hydrogen) atoms. The molecule has 6 nitrogen and oxygen atoms in total. The third-order valence-corrected chi connectivity index (χ3v) is 5.34. The molecule has 0 aliphatic carbocycles. The average Bonchev–Trinajstić information content (AvgIpc) is 2.93. The zero-order valence-corrected chi connectivity index (χ0v) is 14.6. The minimum absolute atomic E-state index is 0.207. The lowest BCUT2D eigenvalue weighted by Crippen LogP contribution is -2.55. The quantitative estimate of drug-likeness (QED) is 0.826. The summed E-state index contributed by atoms with van der Waals surface area (Å²) in [5.74, 6) is 1.68. The molecule has 0 radical (unpaired) electrons. The summed E-state index contributed by atoms with van der Waals surface area (Å²) < 4.78 is 2.07. The lowest BCUT2D eigenvalue weighted by atomic mass is 9.94. The Balaban J connectivity index is 1.50. The van der Waals surface area contributed by atoms with Crippen LogP contribution in [0.4, 0.5) is 0 Å². The van der Waals surface area contributed by atoms with Gasteiger partial charge in [0.2, 0.25) is 5.91 Å². The van der Waals surface area contributed by atoms with Crippen molar-refractivity contribution < 1.29 is 4.79 Å². The summed E-state index contributed by atoms with van der Waals surface area (Å²) in [6.07, 6.45) is 5.78. The molecule has 2 saturated heterocycles. The summed E-state index contributed by atoms with van der Waals surface area (Å²) in [6.45, 7) is 7.90. The highest BCUT2D eigenvalue weighted by atomic mass is 16.2. The van der Waals surface area contributed by atoms with Gasteiger partial charge in [-0.25, -0.2) is 4.98 Å². The Morgan fingerprint density at radius 3 is 2.57 bits per heavy atom. The third-order valence-electron chi connectivity index (χ3n) is 5.34. The van der Waals surface area contributed by atoms with Gasteiger partial charge in [0.15, 0.2) is 0 Å². The lowest BCUT2D eigenvalue weighted by Gasteiger charge is -2.41. The maximum absolute atomic E-state index is 12.8. The van der Waals surface area contributed by atoms with Crippen LogP contribution in [0.2, 0.25) is 0 Å². The highest BCUT2D eigenvalue weighted by Crippen LogP contribution is 2.23. The van der Waals surface area contributed by atoms with Gasteiger partial charge in [0.05, 0.1) is 6.54 Å². The molecule has 1 amide bonds. The van der Waals surface area contributed by atoms with E-state index in [9.17, 15) is 4.79 Å². The van der Waals surface area contributed by atoms with Crippen LogP contribution in [0.3, 0.4) is 0 Å². The van der Waals surface area contributed by atoms with Gasteiger partial charge in [0.1, 0.15) is 5.82 Å². The number of aromatic nitrogens is 2. The van der Waals surface area contributed by atoms with E-state index in [1.165, 1.54) is 0 Å². The largest absolute Gasteiger partial charge is 0.337 e. The first-order valence-corrected chi connectivity index (χ1v) is 8.72. The SMILES string of the molecule is CC1CN(C)CCN1C(=O)C1CCN(Cc2nccn2C)CC1. The number of likely N-dealkylation sites (N-methyl/N-ethyl adjacent to an activating group) is 1. The van der Waals surface area contributed by atoms with Crippen molar-refractivity contribution in [3.05, 3.63) is 18.2 Å². The van der Waals surface area contributed by atoms with Gasteiger partial charge in [-0.15, -0.1) is 0 Å². The molecule has 2 aliphatic rings. The van der Waals surface area contributed by atoms with Crippen molar-refractivity contribution in [2.45, 2.75) is 32.4 Å². The van der Waals surface area contributed by atoms with Crippen molar-refractivity contribution in [3.63, 3.8) is 0 Å². The zero-order valence-electron chi connectivity index (χ0n) is 14.6. The van der Waals surface area contributed by atoms with Gasteiger partial charge in [0, 0.05) is 51.0 Å². The van der Waals surface area contributed by atoms with E-state index in [1.54, 1.807) is 0 Å². The van der Waals surface area contributed by atoms with Gasteiger partial charge in [-0.1, -0.05) is 0 Å². The summed E-state index contributed by atoms with van der Waals surface area (Å²) >= 11 is 0. The molecule has 3 rings (SSSR count). The molecule has 1 aromatic rings. The molecular formula is C17H29N5O. The lowest BCUT2D eigenvalue weighted by molar-refractivity contribution is -0.141. The number of carbonyl (C=O) groups is 1. The molecule has 0 aromatic carbocycles. The van der Waals surface area contributed by atoms with E-state index >= 15 is 0 Å². The van der Waals surface area contributed by atoms with Crippen molar-refractivity contribution in [2.24, 2.45) is 13.0 Å². The Morgan fingerprint density at radius 2 is 1.96 bits per heavy atom. The van der Waals surface area contributed by atoms with Crippen molar-refractivity contribution in [3.8, 4) is 0 Å². The predicted octanol–water partition coefficient (Wildman–Crippen LogP) is 0.795. The Hall–Kier alpha value is -1.40. The van der Waals surface area contributed by atoms with Crippen molar-refractivity contribution >= 4 is 5.91 Å². The van der Waals surface area contributed by atoms with Crippen LogP contribution in [-0.2, 0) is 18.4 Å². The van der Waals surface area contributed by atoms with Crippen molar-refractivity contribution in [1.29, 1.82) is 0 Å². The van der Waals surface area contributed by atoms with Crippen LogP contribution in [0, 0.1) is 5.92 Å². The second kappa shape index (κ2) is 7.01. The van der Waals surface area contributed by atoms with E-state index in [-0.39, 0.29) is 5.92 Å². The molecule has 0 saturated carbocycles. The van der Waals surface area contributed by atoms with Gasteiger partial charge in [-0.2, -0.15) is 0 Å². The fourth-order valence-electron chi connectivity index (χ4n) is 3.79. The van der Waals surface area contributed by atoms with Crippen LogP contribution in [0.1, 0.15) is 25.6 Å². The summed E-state index contributed by atoms with van der Waals surface area (Å²) in [5, 5.41) is 0. The maximum Gasteiger partial charge on any atom is 0.226 e. The van der Waals surface area contributed by atoms with E-state index in [1.807, 2.05) is 19.4 Å². The molecule has 1 atom stereocenters. The normalized spacial score (nSPS) is 25.0. The van der Waals surface area contributed by atoms with Crippen LogP contribution in [0.5, 0.6) is 0 Å². The number of imidazole rings is 1. The number of hydrogen-bond acceptors (Lipinski definition) is 4. The fraction of sp³-hybridized carbons (Fsp3) is 0.765.